The van der Waals surface area contributed by atoms with E-state index in [9.17, 15) is 0 Å². The summed E-state index contributed by atoms with van der Waals surface area (Å²) in [5.74, 6) is 1.32. The van der Waals surface area contributed by atoms with Gasteiger partial charge >= 0.3 is 0 Å². The smallest absolute Gasteiger partial charge is 0.205 e. The number of para-hydroxylation sites is 2. The topological polar surface area (TPSA) is 43.9 Å². The number of rotatable bonds is 4. The van der Waals surface area contributed by atoms with Crippen LogP contribution in [0.5, 0.6) is 0 Å². The lowest BCUT2D eigenvalue weighted by Crippen LogP contribution is -1.95. The number of aromatic nitrogens is 3. The highest BCUT2D eigenvalue weighted by Crippen LogP contribution is 2.26. The fraction of sp³-hybridized carbons (Fsp3) is 0.0588. The van der Waals surface area contributed by atoms with Crippen molar-refractivity contribution in [1.29, 1.82) is 0 Å². The quantitative estimate of drug-likeness (QED) is 0.492. The van der Waals surface area contributed by atoms with Gasteiger partial charge < -0.3 is 4.42 Å². The Labute approximate surface area is 142 Å². The molecule has 0 aliphatic heterocycles. The SMILES string of the molecule is Clc1ccc(-n2ccnc2SCc2nc3ccccc3o2)cc1. The van der Waals surface area contributed by atoms with Gasteiger partial charge in [-0.3, -0.25) is 4.57 Å². The van der Waals surface area contributed by atoms with E-state index >= 15 is 0 Å². The van der Waals surface area contributed by atoms with Crippen molar-refractivity contribution in [2.45, 2.75) is 10.9 Å². The summed E-state index contributed by atoms with van der Waals surface area (Å²) in [5, 5.41) is 1.60. The summed E-state index contributed by atoms with van der Waals surface area (Å²) in [4.78, 5) is 8.89. The van der Waals surface area contributed by atoms with E-state index in [4.69, 9.17) is 16.0 Å². The van der Waals surface area contributed by atoms with Crippen LogP contribution in [0, 0.1) is 0 Å². The highest BCUT2D eigenvalue weighted by Gasteiger charge is 2.10. The molecule has 0 fully saturated rings. The van der Waals surface area contributed by atoms with Crippen LogP contribution < -0.4 is 0 Å². The number of halogens is 1. The molecule has 2 heterocycles. The van der Waals surface area contributed by atoms with Gasteiger partial charge in [-0.2, -0.15) is 0 Å². The molecule has 4 rings (SSSR count). The molecule has 0 saturated carbocycles. The molecule has 4 nitrogen and oxygen atoms in total. The van der Waals surface area contributed by atoms with Gasteiger partial charge in [-0.1, -0.05) is 35.5 Å². The van der Waals surface area contributed by atoms with Gasteiger partial charge in [-0.25, -0.2) is 9.97 Å². The van der Waals surface area contributed by atoms with Crippen molar-refractivity contribution < 1.29 is 4.42 Å². The third-order valence-electron chi connectivity index (χ3n) is 3.37. The fourth-order valence-corrected chi connectivity index (χ4v) is 3.25. The highest BCUT2D eigenvalue weighted by molar-refractivity contribution is 7.98. The first-order valence-electron chi connectivity index (χ1n) is 7.06. The van der Waals surface area contributed by atoms with E-state index in [-0.39, 0.29) is 0 Å². The van der Waals surface area contributed by atoms with E-state index in [1.807, 2.05) is 59.3 Å². The molecule has 4 aromatic rings. The molecule has 0 saturated heterocycles. The van der Waals surface area contributed by atoms with E-state index in [0.717, 1.165) is 27.0 Å². The lowest BCUT2D eigenvalue weighted by molar-refractivity contribution is 0.556. The lowest BCUT2D eigenvalue weighted by Gasteiger charge is -2.06. The summed E-state index contributed by atoms with van der Waals surface area (Å²) in [6.07, 6.45) is 3.71. The predicted octanol–water partition coefficient (Wildman–Crippen LogP) is 4.96. The normalized spacial score (nSPS) is 11.2. The first-order chi connectivity index (χ1) is 11.3. The summed E-state index contributed by atoms with van der Waals surface area (Å²) < 4.78 is 7.76. The van der Waals surface area contributed by atoms with Crippen LogP contribution in [0.4, 0.5) is 0 Å². The summed E-state index contributed by atoms with van der Waals surface area (Å²) in [6, 6.07) is 15.4. The Bertz CT molecular complexity index is 913. The van der Waals surface area contributed by atoms with Gasteiger partial charge in [0.1, 0.15) is 5.52 Å². The average Bonchev–Trinajstić information content (AvgIpc) is 3.19. The van der Waals surface area contributed by atoms with Crippen LogP contribution in [0.2, 0.25) is 5.02 Å². The molecule has 0 spiro atoms. The minimum atomic E-state index is 0.624. The molecular weight excluding hydrogens is 330 g/mol. The van der Waals surface area contributed by atoms with Crippen LogP contribution >= 0.6 is 23.4 Å². The zero-order chi connectivity index (χ0) is 15.6. The standard InChI is InChI=1S/C17H12ClN3OS/c18-12-5-7-13(8-6-12)21-10-9-19-17(21)23-11-16-20-14-3-1-2-4-15(14)22-16/h1-10H,11H2. The van der Waals surface area contributed by atoms with Gasteiger partial charge in [0.25, 0.3) is 0 Å². The van der Waals surface area contributed by atoms with Crippen LogP contribution in [0.1, 0.15) is 5.89 Å². The second-order valence-electron chi connectivity index (χ2n) is 4.92. The Hall–Kier alpha value is -2.24. The Kier molecular flexibility index (Phi) is 3.81. The van der Waals surface area contributed by atoms with E-state index in [1.54, 1.807) is 18.0 Å². The van der Waals surface area contributed by atoms with E-state index < -0.39 is 0 Å². The maximum Gasteiger partial charge on any atom is 0.205 e. The van der Waals surface area contributed by atoms with Crippen molar-refractivity contribution in [2.24, 2.45) is 0 Å². The fourth-order valence-electron chi connectivity index (χ4n) is 2.30. The molecule has 114 valence electrons. The zero-order valence-electron chi connectivity index (χ0n) is 12.0. The molecule has 2 aromatic carbocycles. The number of benzene rings is 2. The molecule has 0 radical (unpaired) electrons. The Morgan fingerprint density at radius 3 is 2.74 bits per heavy atom. The third-order valence-corrected chi connectivity index (χ3v) is 4.58. The van der Waals surface area contributed by atoms with Gasteiger partial charge in [0.05, 0.1) is 5.75 Å². The van der Waals surface area contributed by atoms with Crippen LogP contribution in [-0.4, -0.2) is 14.5 Å². The largest absolute Gasteiger partial charge is 0.440 e. The molecule has 0 N–H and O–H groups in total. The summed E-state index contributed by atoms with van der Waals surface area (Å²) in [7, 11) is 0. The molecule has 0 aliphatic carbocycles. The van der Waals surface area contributed by atoms with Gasteiger partial charge in [0.15, 0.2) is 10.7 Å². The molecule has 0 bridgehead atoms. The minimum Gasteiger partial charge on any atom is -0.440 e. The predicted molar refractivity (Wildman–Crippen MR) is 92.1 cm³/mol. The van der Waals surface area contributed by atoms with Gasteiger partial charge in [0, 0.05) is 23.1 Å². The van der Waals surface area contributed by atoms with Crippen molar-refractivity contribution in [2.75, 3.05) is 0 Å². The summed E-state index contributed by atoms with van der Waals surface area (Å²) in [6.45, 7) is 0. The first kappa shape index (κ1) is 14.4. The Morgan fingerprint density at radius 1 is 1.09 bits per heavy atom. The minimum absolute atomic E-state index is 0.624. The highest BCUT2D eigenvalue weighted by atomic mass is 35.5. The summed E-state index contributed by atoms with van der Waals surface area (Å²) in [5.41, 5.74) is 2.71. The van der Waals surface area contributed by atoms with E-state index in [1.165, 1.54) is 0 Å². The Morgan fingerprint density at radius 2 is 1.91 bits per heavy atom. The van der Waals surface area contributed by atoms with Crippen molar-refractivity contribution in [3.63, 3.8) is 0 Å². The molecule has 0 atom stereocenters. The Balaban J connectivity index is 1.55. The van der Waals surface area contributed by atoms with Crippen LogP contribution in [-0.2, 0) is 5.75 Å². The monoisotopic (exact) mass is 341 g/mol. The maximum absolute atomic E-state index is 5.94. The van der Waals surface area contributed by atoms with Crippen LogP contribution in [0.15, 0.2) is 70.5 Å². The number of oxazole rings is 1. The number of thioether (sulfide) groups is 1. The average molecular weight is 342 g/mol. The molecular formula is C17H12ClN3OS. The van der Waals surface area contributed by atoms with Crippen molar-refractivity contribution >= 4 is 34.5 Å². The van der Waals surface area contributed by atoms with Crippen LogP contribution in [0.3, 0.4) is 0 Å². The zero-order valence-corrected chi connectivity index (χ0v) is 13.6. The molecule has 23 heavy (non-hydrogen) atoms. The maximum atomic E-state index is 5.94. The van der Waals surface area contributed by atoms with Gasteiger partial charge in [-0.15, -0.1) is 0 Å². The first-order valence-corrected chi connectivity index (χ1v) is 8.42. The van der Waals surface area contributed by atoms with Crippen molar-refractivity contribution in [3.8, 4) is 5.69 Å². The second-order valence-corrected chi connectivity index (χ2v) is 6.30. The van der Waals surface area contributed by atoms with Crippen molar-refractivity contribution in [1.82, 2.24) is 14.5 Å². The van der Waals surface area contributed by atoms with Crippen molar-refractivity contribution in [3.05, 3.63) is 71.8 Å². The van der Waals surface area contributed by atoms with Gasteiger partial charge in [-0.05, 0) is 36.4 Å². The molecule has 0 unspecified atom stereocenters. The number of nitrogens with zero attached hydrogens (tertiary/aromatic N) is 3. The number of hydrogen-bond donors (Lipinski definition) is 0. The number of hydrogen-bond acceptors (Lipinski definition) is 4. The number of fused-ring (bicyclic) bond motifs is 1. The second kappa shape index (κ2) is 6.10. The van der Waals surface area contributed by atoms with Gasteiger partial charge in [0.2, 0.25) is 5.89 Å². The molecule has 0 amide bonds. The summed E-state index contributed by atoms with van der Waals surface area (Å²) >= 11 is 7.53. The molecule has 2 aromatic heterocycles. The third kappa shape index (κ3) is 2.98. The van der Waals surface area contributed by atoms with E-state index in [2.05, 4.69) is 9.97 Å². The molecule has 0 aliphatic rings. The lowest BCUT2D eigenvalue weighted by atomic mass is 10.3. The number of imidazole rings is 1. The molecule has 6 heteroatoms. The van der Waals surface area contributed by atoms with E-state index in [0.29, 0.717) is 11.6 Å². The van der Waals surface area contributed by atoms with Crippen LogP contribution in [0.25, 0.3) is 16.8 Å².